The molecule has 0 fully saturated rings. The average molecular weight is 319 g/mol. The number of nitrogens with zero attached hydrogens (tertiary/aromatic N) is 1. The summed E-state index contributed by atoms with van der Waals surface area (Å²) in [4.78, 5) is 14.1. The van der Waals surface area contributed by atoms with Crippen LogP contribution >= 0.6 is 0 Å². The predicted molar refractivity (Wildman–Crippen MR) is 90.2 cm³/mol. The molecule has 23 heavy (non-hydrogen) atoms. The first-order valence-corrected chi connectivity index (χ1v) is 8.14. The van der Waals surface area contributed by atoms with Crippen molar-refractivity contribution < 1.29 is 19.0 Å². The summed E-state index contributed by atoms with van der Waals surface area (Å²) in [6.45, 7) is 6.65. The van der Waals surface area contributed by atoms with Crippen molar-refractivity contribution in [1.82, 2.24) is 4.90 Å². The number of methoxy groups -OCH3 is 1. The third-order valence-corrected chi connectivity index (χ3v) is 3.74. The van der Waals surface area contributed by atoms with Gasteiger partial charge in [-0.1, -0.05) is 13.3 Å². The summed E-state index contributed by atoms with van der Waals surface area (Å²) in [5, 5.41) is 0. The van der Waals surface area contributed by atoms with Crippen molar-refractivity contribution in [1.29, 1.82) is 0 Å². The summed E-state index contributed by atoms with van der Waals surface area (Å²) in [6.07, 6.45) is 5.49. The van der Waals surface area contributed by atoms with E-state index < -0.39 is 0 Å². The van der Waals surface area contributed by atoms with Gasteiger partial charge in [-0.15, -0.1) is 0 Å². The van der Waals surface area contributed by atoms with Crippen LogP contribution in [0.1, 0.15) is 32.3 Å². The minimum Gasteiger partial charge on any atom is -0.493 e. The Labute approximate surface area is 137 Å². The molecular weight excluding hydrogens is 294 g/mol. The number of amides is 1. The Balaban J connectivity index is 2.14. The van der Waals surface area contributed by atoms with Crippen molar-refractivity contribution in [2.75, 3.05) is 33.4 Å². The lowest BCUT2D eigenvalue weighted by Gasteiger charge is -2.21. The highest BCUT2D eigenvalue weighted by Crippen LogP contribution is 2.40. The zero-order valence-corrected chi connectivity index (χ0v) is 14.1. The zero-order valence-electron chi connectivity index (χ0n) is 14.1. The van der Waals surface area contributed by atoms with Gasteiger partial charge in [-0.05, 0) is 37.1 Å². The van der Waals surface area contributed by atoms with Gasteiger partial charge in [0.15, 0.2) is 11.5 Å². The molecule has 1 aromatic carbocycles. The number of carbonyl (C=O) groups excluding carboxylic acids is 1. The summed E-state index contributed by atoms with van der Waals surface area (Å²) in [5.74, 6) is 1.92. The second kappa shape index (κ2) is 8.46. The SMILES string of the molecule is CCCCN(CC)C(=O)/C=C/c1cc(OC)c2c(c1)OCCO2. The quantitative estimate of drug-likeness (QED) is 0.725. The number of hydrogen-bond donors (Lipinski definition) is 0. The molecule has 5 nitrogen and oxygen atoms in total. The standard InChI is InChI=1S/C18H25NO4/c1-4-6-9-19(5-2)17(20)8-7-14-12-15(21-3)18-16(13-14)22-10-11-23-18/h7-8,12-13H,4-6,9-11H2,1-3H3/b8-7+. The molecule has 0 unspecified atom stereocenters. The number of rotatable bonds is 7. The largest absolute Gasteiger partial charge is 0.493 e. The highest BCUT2D eigenvalue weighted by molar-refractivity contribution is 5.92. The number of carbonyl (C=O) groups is 1. The second-order valence-electron chi connectivity index (χ2n) is 5.35. The number of ether oxygens (including phenoxy) is 3. The van der Waals surface area contributed by atoms with Crippen LogP contribution in [0, 0.1) is 0 Å². The summed E-state index contributed by atoms with van der Waals surface area (Å²) >= 11 is 0. The van der Waals surface area contributed by atoms with Crippen LogP contribution < -0.4 is 14.2 Å². The molecule has 0 saturated heterocycles. The van der Waals surface area contributed by atoms with Gasteiger partial charge < -0.3 is 19.1 Å². The molecule has 0 spiro atoms. The van der Waals surface area contributed by atoms with Crippen molar-refractivity contribution >= 4 is 12.0 Å². The summed E-state index contributed by atoms with van der Waals surface area (Å²) in [5.41, 5.74) is 0.853. The Hall–Kier alpha value is -2.17. The molecule has 2 rings (SSSR count). The van der Waals surface area contributed by atoms with Gasteiger partial charge in [0, 0.05) is 19.2 Å². The van der Waals surface area contributed by atoms with E-state index in [0.717, 1.165) is 24.9 Å². The van der Waals surface area contributed by atoms with Gasteiger partial charge >= 0.3 is 0 Å². The molecule has 5 heteroatoms. The summed E-state index contributed by atoms with van der Waals surface area (Å²) in [7, 11) is 1.59. The second-order valence-corrected chi connectivity index (χ2v) is 5.35. The van der Waals surface area contributed by atoms with E-state index in [4.69, 9.17) is 14.2 Å². The fourth-order valence-corrected chi connectivity index (χ4v) is 2.44. The minimum atomic E-state index is 0.0230. The van der Waals surface area contributed by atoms with Crippen LogP contribution in [0.25, 0.3) is 6.08 Å². The van der Waals surface area contributed by atoms with Gasteiger partial charge in [0.2, 0.25) is 11.7 Å². The van der Waals surface area contributed by atoms with E-state index in [-0.39, 0.29) is 5.91 Å². The van der Waals surface area contributed by atoms with E-state index in [1.54, 1.807) is 19.3 Å². The van der Waals surface area contributed by atoms with Crippen molar-refractivity contribution in [2.45, 2.75) is 26.7 Å². The Morgan fingerprint density at radius 1 is 1.30 bits per heavy atom. The van der Waals surface area contributed by atoms with Crippen LogP contribution in [-0.2, 0) is 4.79 Å². The maximum atomic E-state index is 12.2. The summed E-state index contributed by atoms with van der Waals surface area (Å²) in [6, 6.07) is 3.71. The topological polar surface area (TPSA) is 48.0 Å². The first-order valence-electron chi connectivity index (χ1n) is 8.14. The third-order valence-electron chi connectivity index (χ3n) is 3.74. The molecule has 1 heterocycles. The molecule has 0 bridgehead atoms. The Kier molecular flexibility index (Phi) is 6.32. The lowest BCUT2D eigenvalue weighted by atomic mass is 10.1. The number of benzene rings is 1. The first-order chi connectivity index (χ1) is 11.2. The Morgan fingerprint density at radius 2 is 2.09 bits per heavy atom. The zero-order chi connectivity index (χ0) is 16.7. The van der Waals surface area contributed by atoms with Gasteiger partial charge in [0.25, 0.3) is 0 Å². The van der Waals surface area contributed by atoms with Crippen molar-refractivity contribution in [3.63, 3.8) is 0 Å². The molecule has 1 amide bonds. The normalized spacial score (nSPS) is 13.2. The van der Waals surface area contributed by atoms with Crippen LogP contribution in [0.5, 0.6) is 17.2 Å². The summed E-state index contributed by atoms with van der Waals surface area (Å²) < 4.78 is 16.5. The predicted octanol–water partition coefficient (Wildman–Crippen LogP) is 3.13. The maximum Gasteiger partial charge on any atom is 0.246 e. The van der Waals surface area contributed by atoms with Gasteiger partial charge in [-0.3, -0.25) is 4.79 Å². The number of unbranched alkanes of at least 4 members (excludes halogenated alkanes) is 1. The minimum absolute atomic E-state index is 0.0230. The molecular formula is C18H25NO4. The van der Waals surface area contributed by atoms with Crippen LogP contribution in [0.2, 0.25) is 0 Å². The van der Waals surface area contributed by atoms with Crippen molar-refractivity contribution in [2.24, 2.45) is 0 Å². The molecule has 1 aliphatic rings. The van der Waals surface area contributed by atoms with Gasteiger partial charge in [0.1, 0.15) is 13.2 Å². The lowest BCUT2D eigenvalue weighted by Crippen LogP contribution is -2.30. The molecule has 0 aliphatic carbocycles. The smallest absolute Gasteiger partial charge is 0.246 e. The van der Waals surface area contributed by atoms with E-state index in [1.165, 1.54) is 0 Å². The third kappa shape index (κ3) is 4.41. The van der Waals surface area contributed by atoms with Crippen LogP contribution in [0.4, 0.5) is 0 Å². The fraction of sp³-hybridized carbons (Fsp3) is 0.500. The maximum absolute atomic E-state index is 12.2. The van der Waals surface area contributed by atoms with Crippen molar-refractivity contribution in [3.8, 4) is 17.2 Å². The molecule has 0 radical (unpaired) electrons. The fourth-order valence-electron chi connectivity index (χ4n) is 2.44. The monoisotopic (exact) mass is 319 g/mol. The first kappa shape index (κ1) is 17.2. The Morgan fingerprint density at radius 3 is 2.78 bits per heavy atom. The molecule has 1 aliphatic heterocycles. The number of hydrogen-bond acceptors (Lipinski definition) is 4. The molecule has 126 valence electrons. The van der Waals surface area contributed by atoms with E-state index in [1.807, 2.05) is 24.0 Å². The molecule has 0 aromatic heterocycles. The van der Waals surface area contributed by atoms with E-state index in [2.05, 4.69) is 6.92 Å². The Bertz CT molecular complexity index is 551. The molecule has 0 atom stereocenters. The molecule has 0 saturated carbocycles. The van der Waals surface area contributed by atoms with Crippen molar-refractivity contribution in [3.05, 3.63) is 23.8 Å². The number of fused-ring (bicyclic) bond motifs is 1. The highest BCUT2D eigenvalue weighted by Gasteiger charge is 2.18. The highest BCUT2D eigenvalue weighted by atomic mass is 16.6. The van der Waals surface area contributed by atoms with Crippen LogP contribution in [0.15, 0.2) is 18.2 Å². The lowest BCUT2D eigenvalue weighted by molar-refractivity contribution is -0.125. The van der Waals surface area contributed by atoms with E-state index in [0.29, 0.717) is 37.0 Å². The molecule has 0 N–H and O–H groups in total. The van der Waals surface area contributed by atoms with Gasteiger partial charge in [0.05, 0.1) is 7.11 Å². The average Bonchev–Trinajstić information content (AvgIpc) is 2.59. The van der Waals surface area contributed by atoms with E-state index in [9.17, 15) is 4.79 Å². The van der Waals surface area contributed by atoms with Gasteiger partial charge in [-0.25, -0.2) is 0 Å². The number of likely N-dealkylation sites (N-methyl/N-ethyl adjacent to an activating group) is 1. The van der Waals surface area contributed by atoms with Crippen LogP contribution in [-0.4, -0.2) is 44.2 Å². The van der Waals surface area contributed by atoms with Crippen LogP contribution in [0.3, 0.4) is 0 Å². The van der Waals surface area contributed by atoms with E-state index >= 15 is 0 Å². The molecule has 1 aromatic rings. The van der Waals surface area contributed by atoms with Gasteiger partial charge in [-0.2, -0.15) is 0 Å².